The van der Waals surface area contributed by atoms with Crippen LogP contribution in [-0.4, -0.2) is 15.2 Å². The van der Waals surface area contributed by atoms with Gasteiger partial charge in [-0.1, -0.05) is 52.6 Å². The van der Waals surface area contributed by atoms with E-state index in [1.54, 1.807) is 0 Å². The van der Waals surface area contributed by atoms with E-state index in [4.69, 9.17) is 0 Å². The van der Waals surface area contributed by atoms with Crippen molar-refractivity contribution in [3.63, 3.8) is 0 Å². The Balaban J connectivity index is 2.59. The summed E-state index contributed by atoms with van der Waals surface area (Å²) in [6.07, 6.45) is 0.836. The minimum atomic E-state index is -0.313. The van der Waals surface area contributed by atoms with Gasteiger partial charge in [0.25, 0.3) is 0 Å². The summed E-state index contributed by atoms with van der Waals surface area (Å²) in [5, 5.41) is 3.08. The number of carbonyl (C=O) groups excluding carboxylic acids is 1. The molecule has 0 heterocycles. The van der Waals surface area contributed by atoms with Crippen molar-refractivity contribution in [2.24, 2.45) is 10.8 Å². The molecule has 1 aliphatic rings. The molecule has 88 valence electrons. The van der Waals surface area contributed by atoms with Gasteiger partial charge in [-0.25, -0.2) is 0 Å². The van der Waals surface area contributed by atoms with Gasteiger partial charge in [0, 0.05) is 6.04 Å². The highest BCUT2D eigenvalue weighted by Gasteiger charge is 2.66. The predicted octanol–water partition coefficient (Wildman–Crippen LogP) is 3.43. The Morgan fingerprint density at radius 2 is 1.80 bits per heavy atom. The van der Waals surface area contributed by atoms with Gasteiger partial charge in [0.05, 0.1) is 8.65 Å². The van der Waals surface area contributed by atoms with Crippen molar-refractivity contribution in [2.75, 3.05) is 0 Å². The average molecular weight is 341 g/mol. The van der Waals surface area contributed by atoms with Crippen molar-refractivity contribution in [1.82, 2.24) is 5.32 Å². The second-order valence-electron chi connectivity index (χ2n) is 5.77. The molecule has 1 N–H and O–H groups in total. The summed E-state index contributed by atoms with van der Waals surface area (Å²) in [5.41, 5.74) is -0.214. The molecule has 0 saturated heterocycles. The van der Waals surface area contributed by atoms with E-state index in [-0.39, 0.29) is 26.0 Å². The molecule has 15 heavy (non-hydrogen) atoms. The standard InChI is InChI=1S/C11H19Br2NO/c1-7(9(2,3)4)14-8(15)10(5)6-11(10,12)13/h7H,6H2,1-5H3,(H,14,15)/t7-,10+/m0/s1. The maximum absolute atomic E-state index is 12.0. The lowest BCUT2D eigenvalue weighted by molar-refractivity contribution is -0.127. The van der Waals surface area contributed by atoms with Crippen LogP contribution in [0.1, 0.15) is 41.0 Å². The Labute approximate surface area is 109 Å². The Morgan fingerprint density at radius 1 is 1.40 bits per heavy atom. The summed E-state index contributed by atoms with van der Waals surface area (Å²) in [5.74, 6) is 0.124. The third-order valence-electron chi connectivity index (χ3n) is 3.41. The third-order valence-corrected chi connectivity index (χ3v) is 5.72. The van der Waals surface area contributed by atoms with Crippen molar-refractivity contribution in [2.45, 2.75) is 50.3 Å². The maximum Gasteiger partial charge on any atom is 0.228 e. The second-order valence-corrected chi connectivity index (χ2v) is 9.55. The zero-order valence-electron chi connectivity index (χ0n) is 9.95. The Kier molecular flexibility index (Phi) is 3.35. The molecular formula is C11H19Br2NO. The predicted molar refractivity (Wildman–Crippen MR) is 70.4 cm³/mol. The smallest absolute Gasteiger partial charge is 0.228 e. The van der Waals surface area contributed by atoms with Crippen LogP contribution >= 0.6 is 31.9 Å². The molecule has 4 heteroatoms. The molecule has 0 radical (unpaired) electrons. The van der Waals surface area contributed by atoms with Crippen molar-refractivity contribution in [3.8, 4) is 0 Å². The van der Waals surface area contributed by atoms with Gasteiger partial charge >= 0.3 is 0 Å². The molecule has 0 bridgehead atoms. The zero-order valence-corrected chi connectivity index (χ0v) is 13.1. The van der Waals surface area contributed by atoms with E-state index < -0.39 is 0 Å². The number of halogens is 2. The highest BCUT2D eigenvalue weighted by Crippen LogP contribution is 2.66. The van der Waals surface area contributed by atoms with Crippen LogP contribution in [0.25, 0.3) is 0 Å². The van der Waals surface area contributed by atoms with Gasteiger partial charge in [-0.15, -0.1) is 0 Å². The Hall–Kier alpha value is 0.430. The van der Waals surface area contributed by atoms with E-state index in [1.165, 1.54) is 0 Å². The zero-order chi connectivity index (χ0) is 12.1. The highest BCUT2D eigenvalue weighted by molar-refractivity contribution is 9.25. The molecule has 0 aromatic rings. The number of amides is 1. The molecule has 1 aliphatic carbocycles. The van der Waals surface area contributed by atoms with Gasteiger partial charge in [0.15, 0.2) is 0 Å². The summed E-state index contributed by atoms with van der Waals surface area (Å²) in [6, 6.07) is 0.179. The molecule has 1 rings (SSSR count). The van der Waals surface area contributed by atoms with E-state index in [0.717, 1.165) is 6.42 Å². The number of rotatable bonds is 2. The molecule has 1 saturated carbocycles. The molecule has 2 atom stereocenters. The minimum absolute atomic E-state index is 0.0994. The first-order valence-electron chi connectivity index (χ1n) is 5.19. The van der Waals surface area contributed by atoms with Gasteiger partial charge in [-0.05, 0) is 25.7 Å². The van der Waals surface area contributed by atoms with Crippen LogP contribution in [0, 0.1) is 10.8 Å². The summed E-state index contributed by atoms with van der Waals surface area (Å²) in [7, 11) is 0. The van der Waals surface area contributed by atoms with Crippen molar-refractivity contribution in [1.29, 1.82) is 0 Å². The van der Waals surface area contributed by atoms with E-state index in [9.17, 15) is 4.79 Å². The Morgan fingerprint density at radius 3 is 2.07 bits per heavy atom. The molecule has 1 amide bonds. The van der Waals surface area contributed by atoms with Crippen LogP contribution in [0.5, 0.6) is 0 Å². The van der Waals surface area contributed by atoms with E-state index in [2.05, 4.69) is 57.9 Å². The molecular weight excluding hydrogens is 322 g/mol. The molecule has 0 spiro atoms. The number of hydrogen-bond acceptors (Lipinski definition) is 1. The SMILES string of the molecule is C[C@H](NC(=O)[C@@]1(C)CC1(Br)Br)C(C)(C)C. The third kappa shape index (κ3) is 2.57. The molecule has 0 aromatic carbocycles. The van der Waals surface area contributed by atoms with E-state index >= 15 is 0 Å². The van der Waals surface area contributed by atoms with Crippen LogP contribution in [0.3, 0.4) is 0 Å². The lowest BCUT2D eigenvalue weighted by atomic mass is 9.87. The van der Waals surface area contributed by atoms with Crippen LogP contribution in [0.4, 0.5) is 0 Å². The number of carbonyl (C=O) groups is 1. The lowest BCUT2D eigenvalue weighted by Gasteiger charge is -2.29. The van der Waals surface area contributed by atoms with Crippen molar-refractivity contribution >= 4 is 37.8 Å². The minimum Gasteiger partial charge on any atom is -0.353 e. The molecule has 0 aromatic heterocycles. The second kappa shape index (κ2) is 3.73. The quantitative estimate of drug-likeness (QED) is 0.766. The first-order valence-corrected chi connectivity index (χ1v) is 6.78. The van der Waals surface area contributed by atoms with Crippen molar-refractivity contribution < 1.29 is 4.79 Å². The van der Waals surface area contributed by atoms with Gasteiger partial charge in [-0.3, -0.25) is 4.79 Å². The fourth-order valence-electron chi connectivity index (χ4n) is 1.22. The number of hydrogen-bond donors (Lipinski definition) is 1. The van der Waals surface area contributed by atoms with Crippen LogP contribution < -0.4 is 5.32 Å². The fraction of sp³-hybridized carbons (Fsp3) is 0.909. The van der Waals surface area contributed by atoms with Crippen molar-refractivity contribution in [3.05, 3.63) is 0 Å². The van der Waals surface area contributed by atoms with E-state index in [1.807, 2.05) is 13.8 Å². The van der Waals surface area contributed by atoms with Crippen LogP contribution in [0.2, 0.25) is 0 Å². The first-order chi connectivity index (χ1) is 6.51. The summed E-state index contributed by atoms with van der Waals surface area (Å²) >= 11 is 7.01. The Bertz CT molecular complexity index is 283. The normalized spacial score (nSPS) is 30.9. The summed E-state index contributed by atoms with van der Waals surface area (Å²) < 4.78 is -0.200. The molecule has 2 nitrogen and oxygen atoms in total. The van der Waals surface area contributed by atoms with Gasteiger partial charge < -0.3 is 5.32 Å². The summed E-state index contributed by atoms with van der Waals surface area (Å²) in [4.78, 5) is 12.0. The number of nitrogens with one attached hydrogen (secondary N) is 1. The van der Waals surface area contributed by atoms with E-state index in [0.29, 0.717) is 0 Å². The molecule has 1 fully saturated rings. The van der Waals surface area contributed by atoms with Crippen LogP contribution in [-0.2, 0) is 4.79 Å². The fourth-order valence-corrected chi connectivity index (χ4v) is 2.70. The van der Waals surface area contributed by atoms with Gasteiger partial charge in [-0.2, -0.15) is 0 Å². The lowest BCUT2D eigenvalue weighted by Crippen LogP contribution is -2.45. The molecule has 0 unspecified atom stereocenters. The van der Waals surface area contributed by atoms with Crippen LogP contribution in [0.15, 0.2) is 0 Å². The topological polar surface area (TPSA) is 29.1 Å². The first kappa shape index (κ1) is 13.5. The molecule has 0 aliphatic heterocycles. The summed E-state index contributed by atoms with van der Waals surface area (Å²) in [6.45, 7) is 10.4. The average Bonchev–Trinajstić information content (AvgIpc) is 2.50. The number of alkyl halides is 2. The van der Waals surface area contributed by atoms with Gasteiger partial charge in [0.2, 0.25) is 5.91 Å². The largest absolute Gasteiger partial charge is 0.353 e. The highest BCUT2D eigenvalue weighted by atomic mass is 79.9. The monoisotopic (exact) mass is 339 g/mol. The maximum atomic E-state index is 12.0. The van der Waals surface area contributed by atoms with Gasteiger partial charge in [0.1, 0.15) is 0 Å².